The van der Waals surface area contributed by atoms with Gasteiger partial charge in [0.1, 0.15) is 5.82 Å². The maximum atomic E-state index is 14.0. The van der Waals surface area contributed by atoms with Crippen molar-refractivity contribution >= 4 is 21.6 Å². The quantitative estimate of drug-likeness (QED) is 0.640. The van der Waals surface area contributed by atoms with Gasteiger partial charge >= 0.3 is 0 Å². The first-order valence-electron chi connectivity index (χ1n) is 9.56. The number of nitrogens with zero attached hydrogens (tertiary/aromatic N) is 2. The summed E-state index contributed by atoms with van der Waals surface area (Å²) in [4.78, 5) is 17.1. The number of rotatable bonds is 10. The second-order valence-corrected chi connectivity index (χ2v) is 8.56. The van der Waals surface area contributed by atoms with E-state index in [1.54, 1.807) is 4.90 Å². The highest BCUT2D eigenvalue weighted by Gasteiger charge is 2.19. The Kier molecular flexibility index (Phi) is 8.16. The van der Waals surface area contributed by atoms with Crippen LogP contribution in [0, 0.1) is 5.82 Å². The van der Waals surface area contributed by atoms with Gasteiger partial charge < -0.3 is 9.80 Å². The number of halogens is 1. The van der Waals surface area contributed by atoms with Gasteiger partial charge in [-0.05, 0) is 36.9 Å². The lowest BCUT2D eigenvalue weighted by molar-refractivity contribution is 0.0724. The Morgan fingerprint density at radius 3 is 2.28 bits per heavy atom. The van der Waals surface area contributed by atoms with Crippen LogP contribution in [0.4, 0.5) is 10.1 Å². The number of carbonyl (C=O) groups is 1. The molecule has 2 aromatic carbocycles. The van der Waals surface area contributed by atoms with Crippen LogP contribution in [-0.2, 0) is 16.6 Å². The van der Waals surface area contributed by atoms with Crippen molar-refractivity contribution < 1.29 is 17.6 Å². The van der Waals surface area contributed by atoms with Crippen LogP contribution in [0.5, 0.6) is 0 Å². The van der Waals surface area contributed by atoms with Gasteiger partial charge in [-0.1, -0.05) is 44.2 Å². The van der Waals surface area contributed by atoms with E-state index in [-0.39, 0.29) is 17.2 Å². The smallest absolute Gasteiger partial charge is 0.254 e. The lowest BCUT2D eigenvalue weighted by atomic mass is 10.1. The van der Waals surface area contributed by atoms with E-state index in [0.29, 0.717) is 19.6 Å². The summed E-state index contributed by atoms with van der Waals surface area (Å²) in [6.45, 7) is 7.51. The van der Waals surface area contributed by atoms with Crippen LogP contribution in [0.1, 0.15) is 29.8 Å². The normalized spacial score (nSPS) is 11.5. The molecule has 0 heterocycles. The molecule has 0 radical (unpaired) electrons. The summed E-state index contributed by atoms with van der Waals surface area (Å²) in [7, 11) is -3.66. The maximum absolute atomic E-state index is 14.0. The first-order chi connectivity index (χ1) is 13.7. The fraction of sp³-hybridized carbons (Fsp3) is 0.381. The molecular formula is C21H28FN3O3S. The topological polar surface area (TPSA) is 69.7 Å². The molecule has 158 valence electrons. The molecule has 0 aromatic heterocycles. The number of likely N-dealkylation sites (N-methyl/N-ethyl adjacent to an activating group) is 1. The molecule has 0 saturated heterocycles. The molecule has 6 nitrogen and oxygen atoms in total. The molecule has 0 spiro atoms. The van der Waals surface area contributed by atoms with E-state index < -0.39 is 15.8 Å². The molecule has 0 aliphatic carbocycles. The van der Waals surface area contributed by atoms with Crippen molar-refractivity contribution in [2.45, 2.75) is 20.4 Å². The average molecular weight is 422 g/mol. The second kappa shape index (κ2) is 10.4. The van der Waals surface area contributed by atoms with E-state index in [4.69, 9.17) is 0 Å². The Balaban J connectivity index is 2.28. The minimum Gasteiger partial charge on any atom is -0.333 e. The van der Waals surface area contributed by atoms with Gasteiger partial charge in [-0.15, -0.1) is 0 Å². The minimum absolute atomic E-state index is 0.230. The van der Waals surface area contributed by atoms with Crippen molar-refractivity contribution in [1.29, 1.82) is 0 Å². The Morgan fingerprint density at radius 2 is 1.69 bits per heavy atom. The van der Waals surface area contributed by atoms with E-state index in [2.05, 4.69) is 23.5 Å². The van der Waals surface area contributed by atoms with Gasteiger partial charge in [0.2, 0.25) is 10.0 Å². The lowest BCUT2D eigenvalue weighted by Crippen LogP contribution is -2.38. The monoisotopic (exact) mass is 421 g/mol. The van der Waals surface area contributed by atoms with E-state index in [9.17, 15) is 17.6 Å². The number of sulfonamides is 1. The number of amides is 1. The third-order valence-electron chi connectivity index (χ3n) is 4.59. The molecule has 2 aromatic rings. The van der Waals surface area contributed by atoms with Gasteiger partial charge in [-0.3, -0.25) is 9.52 Å². The fourth-order valence-corrected chi connectivity index (χ4v) is 3.53. The summed E-state index contributed by atoms with van der Waals surface area (Å²) in [5.74, 6) is -1.01. The van der Waals surface area contributed by atoms with Crippen molar-refractivity contribution in [2.75, 3.05) is 37.2 Å². The molecule has 1 amide bonds. The Bertz CT molecular complexity index is 916. The van der Waals surface area contributed by atoms with Crippen molar-refractivity contribution in [3.05, 3.63) is 65.5 Å². The van der Waals surface area contributed by atoms with Crippen molar-refractivity contribution in [2.24, 2.45) is 0 Å². The second-order valence-electron chi connectivity index (χ2n) is 6.81. The largest absolute Gasteiger partial charge is 0.333 e. The summed E-state index contributed by atoms with van der Waals surface area (Å²) in [5, 5.41) is 0. The fourth-order valence-electron chi connectivity index (χ4n) is 2.98. The van der Waals surface area contributed by atoms with Crippen LogP contribution in [0.25, 0.3) is 0 Å². The molecule has 1 N–H and O–H groups in total. The minimum atomic E-state index is -3.66. The maximum Gasteiger partial charge on any atom is 0.254 e. The zero-order chi connectivity index (χ0) is 21.4. The molecule has 2 rings (SSSR count). The van der Waals surface area contributed by atoms with Gasteiger partial charge in [0, 0.05) is 25.2 Å². The number of hydrogen-bond donors (Lipinski definition) is 1. The zero-order valence-corrected chi connectivity index (χ0v) is 17.9. The Hall–Kier alpha value is -2.45. The van der Waals surface area contributed by atoms with E-state index in [1.165, 1.54) is 12.1 Å². The van der Waals surface area contributed by atoms with E-state index in [1.807, 2.05) is 30.3 Å². The van der Waals surface area contributed by atoms with Gasteiger partial charge in [0.25, 0.3) is 5.91 Å². The van der Waals surface area contributed by atoms with Gasteiger partial charge in [-0.25, -0.2) is 12.8 Å². The Morgan fingerprint density at radius 1 is 1.03 bits per heavy atom. The standard InChI is InChI=1S/C21H28FN3O3S/c1-4-24(5-2)13-14-25(16-17-9-7-6-8-10-17)21(26)18-11-12-19(22)20(15-18)23-29(3,27)28/h6-12,15,23H,4-5,13-14,16H2,1-3H3. The number of anilines is 1. The zero-order valence-electron chi connectivity index (χ0n) is 17.1. The van der Waals surface area contributed by atoms with Gasteiger partial charge in [0.05, 0.1) is 11.9 Å². The molecule has 0 unspecified atom stereocenters. The van der Waals surface area contributed by atoms with Gasteiger partial charge in [-0.2, -0.15) is 0 Å². The molecule has 0 bridgehead atoms. The SMILES string of the molecule is CCN(CC)CCN(Cc1ccccc1)C(=O)c1ccc(F)c(NS(C)(=O)=O)c1. The lowest BCUT2D eigenvalue weighted by Gasteiger charge is -2.27. The van der Waals surface area contributed by atoms with Crippen molar-refractivity contribution in [3.8, 4) is 0 Å². The highest BCUT2D eigenvalue weighted by atomic mass is 32.2. The molecule has 0 aliphatic rings. The summed E-state index contributed by atoms with van der Waals surface area (Å²) < 4.78 is 39.1. The summed E-state index contributed by atoms with van der Waals surface area (Å²) >= 11 is 0. The highest BCUT2D eigenvalue weighted by Crippen LogP contribution is 2.19. The summed E-state index contributed by atoms with van der Waals surface area (Å²) in [6, 6.07) is 13.3. The average Bonchev–Trinajstić information content (AvgIpc) is 2.68. The van der Waals surface area contributed by atoms with E-state index in [0.717, 1.165) is 31.0 Å². The number of nitrogens with one attached hydrogen (secondary N) is 1. The van der Waals surface area contributed by atoms with Crippen LogP contribution in [0.15, 0.2) is 48.5 Å². The van der Waals surface area contributed by atoms with Gasteiger partial charge in [0.15, 0.2) is 0 Å². The van der Waals surface area contributed by atoms with Crippen molar-refractivity contribution in [3.63, 3.8) is 0 Å². The predicted octanol–water partition coefficient (Wildman–Crippen LogP) is 3.18. The molecular weight excluding hydrogens is 393 g/mol. The van der Waals surface area contributed by atoms with Crippen LogP contribution < -0.4 is 4.72 Å². The molecule has 0 saturated carbocycles. The first kappa shape index (κ1) is 22.8. The van der Waals surface area contributed by atoms with Crippen LogP contribution in [0.2, 0.25) is 0 Å². The van der Waals surface area contributed by atoms with Crippen LogP contribution in [0.3, 0.4) is 0 Å². The molecule has 0 atom stereocenters. The third kappa shape index (κ3) is 7.14. The molecule has 8 heteroatoms. The van der Waals surface area contributed by atoms with E-state index >= 15 is 0 Å². The third-order valence-corrected chi connectivity index (χ3v) is 5.18. The Labute approximate surface area is 172 Å². The van der Waals surface area contributed by atoms with Crippen molar-refractivity contribution in [1.82, 2.24) is 9.80 Å². The van der Waals surface area contributed by atoms with Crippen LogP contribution in [-0.4, -0.2) is 56.6 Å². The molecule has 0 aliphatic heterocycles. The summed E-state index contributed by atoms with van der Waals surface area (Å²) in [6.07, 6.45) is 0.937. The number of carbonyl (C=O) groups excluding carboxylic acids is 1. The highest BCUT2D eigenvalue weighted by molar-refractivity contribution is 7.92. The first-order valence-corrected chi connectivity index (χ1v) is 11.5. The molecule has 29 heavy (non-hydrogen) atoms. The summed E-state index contributed by atoms with van der Waals surface area (Å²) in [5.41, 5.74) is 0.978. The number of hydrogen-bond acceptors (Lipinski definition) is 4. The predicted molar refractivity (Wildman–Crippen MR) is 114 cm³/mol. The molecule has 0 fully saturated rings. The van der Waals surface area contributed by atoms with Crippen LogP contribution >= 0.6 is 0 Å². The number of benzene rings is 2.